The molecule has 112 valence electrons. The summed E-state index contributed by atoms with van der Waals surface area (Å²) in [5.74, 6) is 2.58. The van der Waals surface area contributed by atoms with Gasteiger partial charge in [-0.3, -0.25) is 4.79 Å². The summed E-state index contributed by atoms with van der Waals surface area (Å²) in [7, 11) is -1.42. The molecule has 0 saturated heterocycles. The molecule has 1 rings (SSSR count). The van der Waals surface area contributed by atoms with Crippen molar-refractivity contribution in [1.82, 2.24) is 0 Å². The van der Waals surface area contributed by atoms with Crippen molar-refractivity contribution in [3.05, 3.63) is 12.2 Å². The fourth-order valence-corrected chi connectivity index (χ4v) is 2.09. The normalized spacial score (nSPS) is 25.8. The van der Waals surface area contributed by atoms with Crippen molar-refractivity contribution >= 4 is 14.0 Å². The van der Waals surface area contributed by atoms with Crippen molar-refractivity contribution < 1.29 is 24.1 Å². The lowest BCUT2D eigenvalue weighted by atomic mass is 10.2. The van der Waals surface area contributed by atoms with Gasteiger partial charge in [-0.15, -0.1) is 5.54 Å². The van der Waals surface area contributed by atoms with Crippen LogP contribution in [-0.2, 0) is 19.0 Å². The number of aliphatic hydroxyl groups is 1. The first kappa shape index (κ1) is 16.9. The molecule has 0 saturated carbocycles. The number of esters is 1. The summed E-state index contributed by atoms with van der Waals surface area (Å²) in [6.07, 6.45) is 1.21. The van der Waals surface area contributed by atoms with Gasteiger partial charge in [0, 0.05) is 6.92 Å². The zero-order valence-electron chi connectivity index (χ0n) is 12.4. The molecule has 1 N–H and O–H groups in total. The minimum absolute atomic E-state index is 0.110. The van der Waals surface area contributed by atoms with Gasteiger partial charge in [-0.25, -0.2) is 0 Å². The van der Waals surface area contributed by atoms with Crippen LogP contribution in [-0.4, -0.2) is 50.9 Å². The minimum Gasteiger partial charge on any atom is -0.463 e. The van der Waals surface area contributed by atoms with Gasteiger partial charge in [0.2, 0.25) is 0 Å². The summed E-state index contributed by atoms with van der Waals surface area (Å²) in [4.78, 5) is 10.7. The van der Waals surface area contributed by atoms with E-state index < -0.39 is 26.6 Å². The monoisotopic (exact) mass is 298 g/mol. The molecule has 0 aromatic rings. The second kappa shape index (κ2) is 7.60. The maximum absolute atomic E-state index is 10.7. The molecule has 0 aliphatic carbocycles. The van der Waals surface area contributed by atoms with Gasteiger partial charge in [0.15, 0.2) is 6.29 Å². The van der Waals surface area contributed by atoms with Crippen molar-refractivity contribution in [1.29, 1.82) is 0 Å². The Kier molecular flexibility index (Phi) is 6.43. The average Bonchev–Trinajstić information content (AvgIpc) is 2.33. The smallest absolute Gasteiger partial charge is 0.302 e. The highest BCUT2D eigenvalue weighted by molar-refractivity contribution is 6.83. The third-order valence-electron chi connectivity index (χ3n) is 2.34. The lowest BCUT2D eigenvalue weighted by Crippen LogP contribution is -2.39. The van der Waals surface area contributed by atoms with Crippen LogP contribution in [0.2, 0.25) is 19.6 Å². The van der Waals surface area contributed by atoms with Crippen LogP contribution in [0.1, 0.15) is 6.92 Å². The molecule has 0 aromatic heterocycles. The van der Waals surface area contributed by atoms with Crippen LogP contribution < -0.4 is 0 Å². The lowest BCUT2D eigenvalue weighted by molar-refractivity contribution is -0.206. The molecule has 0 radical (unpaired) electrons. The van der Waals surface area contributed by atoms with E-state index in [9.17, 15) is 9.90 Å². The van der Waals surface area contributed by atoms with Crippen LogP contribution in [0.5, 0.6) is 0 Å². The Hall–Kier alpha value is -1.13. The van der Waals surface area contributed by atoms with Gasteiger partial charge in [-0.2, -0.15) is 0 Å². The Morgan fingerprint density at radius 3 is 2.70 bits per heavy atom. The molecule has 1 heterocycles. The molecule has 0 amide bonds. The van der Waals surface area contributed by atoms with Crippen LogP contribution in [0, 0.1) is 11.5 Å². The second-order valence-electron chi connectivity index (χ2n) is 5.58. The number of rotatable bonds is 4. The molecule has 0 spiro atoms. The summed E-state index contributed by atoms with van der Waals surface area (Å²) in [6, 6.07) is 0. The predicted molar refractivity (Wildman–Crippen MR) is 77.5 cm³/mol. The highest BCUT2D eigenvalue weighted by atomic mass is 28.3. The lowest BCUT2D eigenvalue weighted by Gasteiger charge is -2.28. The van der Waals surface area contributed by atoms with Crippen LogP contribution in [0.3, 0.4) is 0 Å². The number of hydrogen-bond acceptors (Lipinski definition) is 5. The molecule has 6 heteroatoms. The molecule has 20 heavy (non-hydrogen) atoms. The maximum Gasteiger partial charge on any atom is 0.302 e. The fraction of sp³-hybridized carbons (Fsp3) is 0.643. The number of carbonyl (C=O) groups is 1. The highest BCUT2D eigenvalue weighted by Crippen LogP contribution is 2.14. The molecule has 3 atom stereocenters. The largest absolute Gasteiger partial charge is 0.463 e. The van der Waals surface area contributed by atoms with Crippen LogP contribution >= 0.6 is 0 Å². The Balaban J connectivity index is 2.43. The molecular formula is C14H22O5Si. The molecule has 1 aliphatic rings. The Bertz CT molecular complexity index is 416. The first-order valence-electron chi connectivity index (χ1n) is 6.55. The van der Waals surface area contributed by atoms with E-state index in [-0.39, 0.29) is 19.2 Å². The predicted octanol–water partition coefficient (Wildman–Crippen LogP) is 1.09. The third-order valence-corrected chi connectivity index (χ3v) is 3.27. The SMILES string of the molecule is CC(=O)OC[C@@H]1C=C[C@@H](O)[C@@H](OCC#C[Si](C)(C)C)O1. The number of ether oxygens (including phenoxy) is 3. The Morgan fingerprint density at radius 2 is 2.10 bits per heavy atom. The van der Waals surface area contributed by atoms with Gasteiger partial charge in [0.25, 0.3) is 0 Å². The van der Waals surface area contributed by atoms with Gasteiger partial charge >= 0.3 is 5.97 Å². The van der Waals surface area contributed by atoms with E-state index in [1.54, 1.807) is 12.2 Å². The fourth-order valence-electron chi connectivity index (χ4n) is 1.48. The van der Waals surface area contributed by atoms with E-state index in [1.165, 1.54) is 6.92 Å². The van der Waals surface area contributed by atoms with E-state index in [4.69, 9.17) is 14.2 Å². The quantitative estimate of drug-likeness (QED) is 0.364. The molecular weight excluding hydrogens is 276 g/mol. The van der Waals surface area contributed by atoms with Crippen molar-refractivity contribution in [3.8, 4) is 11.5 Å². The second-order valence-corrected chi connectivity index (χ2v) is 10.3. The summed E-state index contributed by atoms with van der Waals surface area (Å²) in [5.41, 5.74) is 3.17. The Morgan fingerprint density at radius 1 is 1.40 bits per heavy atom. The van der Waals surface area contributed by atoms with Gasteiger partial charge in [0.05, 0.1) is 0 Å². The summed E-state index contributed by atoms with van der Waals surface area (Å²) in [6.45, 7) is 8.08. The summed E-state index contributed by atoms with van der Waals surface area (Å²) >= 11 is 0. The van der Waals surface area contributed by atoms with Gasteiger partial charge in [0.1, 0.15) is 33.5 Å². The van der Waals surface area contributed by atoms with Crippen molar-refractivity contribution in [2.45, 2.75) is 45.1 Å². The molecule has 0 aromatic carbocycles. The van der Waals surface area contributed by atoms with Gasteiger partial charge < -0.3 is 19.3 Å². The number of hydrogen-bond donors (Lipinski definition) is 1. The first-order valence-corrected chi connectivity index (χ1v) is 10.0. The zero-order chi connectivity index (χ0) is 15.2. The topological polar surface area (TPSA) is 65.0 Å². The third kappa shape index (κ3) is 6.87. The van der Waals surface area contributed by atoms with E-state index >= 15 is 0 Å². The molecule has 0 bridgehead atoms. The van der Waals surface area contributed by atoms with Crippen LogP contribution in [0.4, 0.5) is 0 Å². The highest BCUT2D eigenvalue weighted by Gasteiger charge is 2.26. The Labute approximate surface area is 120 Å². The standard InChI is InChI=1S/C14H22O5Si/c1-11(15)18-10-12-6-7-13(16)14(19-12)17-8-5-9-20(2,3)4/h6-7,12-14,16H,8,10H2,1-4H3/t12-,13+,14-/m0/s1. The van der Waals surface area contributed by atoms with Crippen molar-refractivity contribution in [3.63, 3.8) is 0 Å². The summed E-state index contributed by atoms with van der Waals surface area (Å²) < 4.78 is 15.8. The van der Waals surface area contributed by atoms with E-state index in [0.717, 1.165) is 0 Å². The van der Waals surface area contributed by atoms with E-state index in [0.29, 0.717) is 0 Å². The molecule has 0 fully saturated rings. The van der Waals surface area contributed by atoms with Crippen molar-refractivity contribution in [2.24, 2.45) is 0 Å². The van der Waals surface area contributed by atoms with E-state index in [2.05, 4.69) is 31.1 Å². The number of aliphatic hydroxyl groups excluding tert-OH is 1. The van der Waals surface area contributed by atoms with Crippen LogP contribution in [0.15, 0.2) is 12.2 Å². The molecule has 1 aliphatic heterocycles. The number of carbonyl (C=O) groups excluding carboxylic acids is 1. The van der Waals surface area contributed by atoms with Gasteiger partial charge in [-0.1, -0.05) is 37.7 Å². The van der Waals surface area contributed by atoms with E-state index in [1.807, 2.05) is 0 Å². The molecule has 0 unspecified atom stereocenters. The van der Waals surface area contributed by atoms with Crippen molar-refractivity contribution in [2.75, 3.05) is 13.2 Å². The maximum atomic E-state index is 10.7. The van der Waals surface area contributed by atoms with Gasteiger partial charge in [-0.05, 0) is 0 Å². The first-order chi connectivity index (χ1) is 9.28. The summed E-state index contributed by atoms with van der Waals surface area (Å²) in [5, 5.41) is 9.74. The zero-order valence-corrected chi connectivity index (χ0v) is 13.4. The average molecular weight is 298 g/mol. The minimum atomic E-state index is -1.42. The molecule has 5 nitrogen and oxygen atoms in total. The van der Waals surface area contributed by atoms with Crippen LogP contribution in [0.25, 0.3) is 0 Å².